The molecule has 1 aromatic carbocycles. The predicted octanol–water partition coefficient (Wildman–Crippen LogP) is 2.91. The summed E-state index contributed by atoms with van der Waals surface area (Å²) in [4.78, 5) is 10.2. The molecule has 0 spiro atoms. The molecule has 0 aliphatic heterocycles. The van der Waals surface area contributed by atoms with Crippen molar-refractivity contribution in [2.24, 2.45) is 0 Å². The molecule has 88 valence electrons. The molecule has 1 rings (SSSR count). The minimum atomic E-state index is -1.72. The van der Waals surface area contributed by atoms with Gasteiger partial charge in [0.15, 0.2) is 23.3 Å². The lowest BCUT2D eigenvalue weighted by Crippen LogP contribution is -2.07. The molecule has 0 bridgehead atoms. The zero-order chi connectivity index (χ0) is 12.5. The van der Waals surface area contributed by atoms with Gasteiger partial charge in [0.2, 0.25) is 0 Å². The molecule has 0 aliphatic rings. The van der Waals surface area contributed by atoms with E-state index < -0.39 is 52.7 Å². The van der Waals surface area contributed by atoms with E-state index in [0.717, 1.165) is 0 Å². The number of rotatable bonds is 3. The summed E-state index contributed by atoms with van der Waals surface area (Å²) in [5, 5.41) is 7.01. The van der Waals surface area contributed by atoms with Crippen LogP contribution >= 0.6 is 11.6 Å². The van der Waals surface area contributed by atoms with Gasteiger partial charge in [0.25, 0.3) is 0 Å². The van der Waals surface area contributed by atoms with Crippen molar-refractivity contribution < 1.29 is 27.5 Å². The van der Waals surface area contributed by atoms with E-state index in [1.807, 2.05) is 0 Å². The number of benzene rings is 1. The first-order valence-corrected chi connectivity index (χ1v) is 4.46. The molecule has 1 aromatic rings. The highest BCUT2D eigenvalue weighted by atomic mass is 35.5. The molecule has 0 atom stereocenters. The number of carbonyl (C=O) groups is 1. The summed E-state index contributed by atoms with van der Waals surface area (Å²) in [6.07, 6.45) is -1.30. The number of hydrogen-bond acceptors (Lipinski definition) is 1. The van der Waals surface area contributed by atoms with Crippen molar-refractivity contribution in [1.29, 1.82) is 0 Å². The maximum atomic E-state index is 13.1. The second kappa shape index (κ2) is 4.69. The topological polar surface area (TPSA) is 37.3 Å². The first-order chi connectivity index (χ1) is 7.36. The fourth-order valence-corrected chi connectivity index (χ4v) is 1.27. The summed E-state index contributed by atoms with van der Waals surface area (Å²) in [6, 6.07) is 0. The molecule has 0 aliphatic carbocycles. The first kappa shape index (κ1) is 12.8. The zero-order valence-corrected chi connectivity index (χ0v) is 8.42. The Morgan fingerprint density at radius 3 is 1.88 bits per heavy atom. The van der Waals surface area contributed by atoms with Crippen molar-refractivity contribution in [2.45, 2.75) is 12.8 Å². The van der Waals surface area contributed by atoms with Crippen LogP contribution in [0.15, 0.2) is 0 Å². The monoisotopic (exact) mass is 256 g/mol. The van der Waals surface area contributed by atoms with E-state index in [1.54, 1.807) is 0 Å². The lowest BCUT2D eigenvalue weighted by Gasteiger charge is -2.07. The highest BCUT2D eigenvalue weighted by Gasteiger charge is 2.24. The Morgan fingerprint density at radius 1 is 1.06 bits per heavy atom. The quantitative estimate of drug-likeness (QED) is 0.513. The standard InChI is InChI=1S/C9H5ClF4O2/c10-5-8(13)6(11)3(1-2-4(15)16)7(12)9(5)14/h1-2H2,(H,15,16). The van der Waals surface area contributed by atoms with Gasteiger partial charge in [-0.05, 0) is 6.42 Å². The summed E-state index contributed by atoms with van der Waals surface area (Å²) in [5.74, 6) is -8.10. The van der Waals surface area contributed by atoms with Crippen LogP contribution in [0.25, 0.3) is 0 Å². The second-order valence-electron chi connectivity index (χ2n) is 2.94. The van der Waals surface area contributed by atoms with E-state index in [9.17, 15) is 22.4 Å². The van der Waals surface area contributed by atoms with Crippen molar-refractivity contribution in [3.05, 3.63) is 33.9 Å². The molecule has 0 radical (unpaired) electrons. The fraction of sp³-hybridized carbons (Fsp3) is 0.222. The van der Waals surface area contributed by atoms with Crippen LogP contribution in [0.2, 0.25) is 5.02 Å². The zero-order valence-electron chi connectivity index (χ0n) is 7.66. The highest BCUT2D eigenvalue weighted by Crippen LogP contribution is 2.28. The van der Waals surface area contributed by atoms with Gasteiger partial charge in [0.1, 0.15) is 5.02 Å². The molecule has 0 heterocycles. The number of hydrogen-bond donors (Lipinski definition) is 1. The van der Waals surface area contributed by atoms with Crippen molar-refractivity contribution in [3.8, 4) is 0 Å². The van der Waals surface area contributed by atoms with E-state index in [1.165, 1.54) is 0 Å². The smallest absolute Gasteiger partial charge is 0.303 e. The molecule has 2 nitrogen and oxygen atoms in total. The summed E-state index contributed by atoms with van der Waals surface area (Å²) in [6.45, 7) is 0. The van der Waals surface area contributed by atoms with Gasteiger partial charge in [-0.15, -0.1) is 0 Å². The van der Waals surface area contributed by atoms with Crippen LogP contribution in [-0.4, -0.2) is 11.1 Å². The Balaban J connectivity index is 3.23. The van der Waals surface area contributed by atoms with Gasteiger partial charge in [-0.25, -0.2) is 17.6 Å². The predicted molar refractivity (Wildman–Crippen MR) is 47.2 cm³/mol. The first-order valence-electron chi connectivity index (χ1n) is 4.08. The lowest BCUT2D eigenvalue weighted by atomic mass is 10.1. The van der Waals surface area contributed by atoms with Crippen LogP contribution < -0.4 is 0 Å². The van der Waals surface area contributed by atoms with Crippen molar-refractivity contribution in [1.82, 2.24) is 0 Å². The molecule has 0 saturated carbocycles. The molecule has 0 saturated heterocycles. The highest BCUT2D eigenvalue weighted by molar-refractivity contribution is 6.30. The van der Waals surface area contributed by atoms with Gasteiger partial charge in [-0.1, -0.05) is 11.6 Å². The van der Waals surface area contributed by atoms with Gasteiger partial charge < -0.3 is 5.11 Å². The Labute approximate surface area is 92.4 Å². The molecular formula is C9H5ClF4O2. The van der Waals surface area contributed by atoms with Crippen LogP contribution in [0, 0.1) is 23.3 Å². The van der Waals surface area contributed by atoms with E-state index in [-0.39, 0.29) is 0 Å². The van der Waals surface area contributed by atoms with Gasteiger partial charge in [0, 0.05) is 12.0 Å². The van der Waals surface area contributed by atoms with Crippen LogP contribution in [-0.2, 0) is 11.2 Å². The van der Waals surface area contributed by atoms with Crippen LogP contribution in [0.3, 0.4) is 0 Å². The SMILES string of the molecule is O=C(O)CCc1c(F)c(F)c(Cl)c(F)c1F. The largest absolute Gasteiger partial charge is 0.481 e. The molecule has 1 N–H and O–H groups in total. The van der Waals surface area contributed by atoms with Gasteiger partial charge in [0.05, 0.1) is 0 Å². The van der Waals surface area contributed by atoms with Crippen LogP contribution in [0.1, 0.15) is 12.0 Å². The number of aliphatic carboxylic acids is 1. The van der Waals surface area contributed by atoms with E-state index in [0.29, 0.717) is 0 Å². The Bertz CT molecular complexity index is 419. The van der Waals surface area contributed by atoms with Gasteiger partial charge >= 0.3 is 5.97 Å². The normalized spacial score (nSPS) is 10.6. The number of halogens is 5. The van der Waals surface area contributed by atoms with Crippen LogP contribution in [0.4, 0.5) is 17.6 Å². The Hall–Kier alpha value is -1.30. The van der Waals surface area contributed by atoms with Gasteiger partial charge in [-0.2, -0.15) is 0 Å². The minimum Gasteiger partial charge on any atom is -0.481 e. The number of carboxylic acids is 1. The second-order valence-corrected chi connectivity index (χ2v) is 3.32. The molecule has 0 aromatic heterocycles. The van der Waals surface area contributed by atoms with Crippen molar-refractivity contribution in [2.75, 3.05) is 0 Å². The lowest BCUT2D eigenvalue weighted by molar-refractivity contribution is -0.136. The molecule has 16 heavy (non-hydrogen) atoms. The minimum absolute atomic E-state index is 0.644. The average molecular weight is 257 g/mol. The molecule has 0 amide bonds. The third-order valence-electron chi connectivity index (χ3n) is 1.89. The molecule has 0 fully saturated rings. The maximum Gasteiger partial charge on any atom is 0.303 e. The maximum absolute atomic E-state index is 13.1. The Morgan fingerprint density at radius 2 is 1.50 bits per heavy atom. The van der Waals surface area contributed by atoms with E-state index in [4.69, 9.17) is 16.7 Å². The van der Waals surface area contributed by atoms with Crippen molar-refractivity contribution >= 4 is 17.6 Å². The van der Waals surface area contributed by atoms with Gasteiger partial charge in [-0.3, -0.25) is 4.79 Å². The number of carboxylic acid groups (broad SMARTS) is 1. The summed E-state index contributed by atoms with van der Waals surface area (Å²) in [5.41, 5.74) is -0.957. The Kier molecular flexibility index (Phi) is 3.74. The third kappa shape index (κ3) is 2.27. The molecule has 7 heteroatoms. The third-order valence-corrected chi connectivity index (χ3v) is 2.22. The summed E-state index contributed by atoms with van der Waals surface area (Å²) in [7, 11) is 0. The fourth-order valence-electron chi connectivity index (χ4n) is 1.10. The average Bonchev–Trinajstić information content (AvgIpc) is 2.23. The van der Waals surface area contributed by atoms with Crippen LogP contribution in [0.5, 0.6) is 0 Å². The summed E-state index contributed by atoms with van der Waals surface area (Å²) >= 11 is 4.98. The van der Waals surface area contributed by atoms with Crippen molar-refractivity contribution in [3.63, 3.8) is 0 Å². The van der Waals surface area contributed by atoms with E-state index >= 15 is 0 Å². The summed E-state index contributed by atoms with van der Waals surface area (Å²) < 4.78 is 52.0. The van der Waals surface area contributed by atoms with E-state index in [2.05, 4.69) is 0 Å². The molecular weight excluding hydrogens is 252 g/mol. The molecule has 0 unspecified atom stereocenters.